The third kappa shape index (κ3) is 5.64. The highest BCUT2D eigenvalue weighted by molar-refractivity contribution is 6.31. The fraction of sp³-hybridized carbons (Fsp3) is 0.350. The molecule has 0 aliphatic carbocycles. The second kappa shape index (κ2) is 9.46. The van der Waals surface area contributed by atoms with Gasteiger partial charge in [-0.15, -0.1) is 0 Å². The van der Waals surface area contributed by atoms with Crippen molar-refractivity contribution < 1.29 is 14.3 Å². The number of benzene rings is 2. The van der Waals surface area contributed by atoms with E-state index in [1.165, 1.54) is 0 Å². The molecule has 0 bridgehead atoms. The maximum Gasteiger partial charge on any atom is 0.238 e. The van der Waals surface area contributed by atoms with Crippen LogP contribution in [0.15, 0.2) is 36.4 Å². The van der Waals surface area contributed by atoms with Crippen molar-refractivity contribution in [1.82, 2.24) is 4.90 Å². The van der Waals surface area contributed by atoms with Crippen LogP contribution in [0.4, 0.5) is 5.69 Å². The summed E-state index contributed by atoms with van der Waals surface area (Å²) in [4.78, 5) is 14.2. The van der Waals surface area contributed by atoms with E-state index in [-0.39, 0.29) is 5.91 Å². The third-order valence-corrected chi connectivity index (χ3v) is 4.51. The molecule has 1 amide bonds. The number of amides is 1. The molecule has 6 heteroatoms. The van der Waals surface area contributed by atoms with E-state index >= 15 is 0 Å². The van der Waals surface area contributed by atoms with Crippen molar-refractivity contribution in [3.63, 3.8) is 0 Å². The summed E-state index contributed by atoms with van der Waals surface area (Å²) in [7, 11) is 5.16. The largest absolute Gasteiger partial charge is 0.493 e. The van der Waals surface area contributed by atoms with Gasteiger partial charge in [-0.3, -0.25) is 9.69 Å². The molecular weight excluding hydrogens is 352 g/mol. The molecule has 0 saturated heterocycles. The maximum atomic E-state index is 12.2. The van der Waals surface area contributed by atoms with Crippen LogP contribution in [-0.2, 0) is 11.2 Å². The first-order valence-corrected chi connectivity index (χ1v) is 8.76. The van der Waals surface area contributed by atoms with Crippen molar-refractivity contribution in [2.24, 2.45) is 0 Å². The molecule has 5 nitrogen and oxygen atoms in total. The summed E-state index contributed by atoms with van der Waals surface area (Å²) >= 11 is 6.09. The lowest BCUT2D eigenvalue weighted by molar-refractivity contribution is -0.117. The molecule has 0 heterocycles. The Bertz CT molecular complexity index is 765. The summed E-state index contributed by atoms with van der Waals surface area (Å²) in [5.74, 6) is 1.35. The van der Waals surface area contributed by atoms with E-state index in [0.717, 1.165) is 24.1 Å². The van der Waals surface area contributed by atoms with Crippen molar-refractivity contribution in [1.29, 1.82) is 0 Å². The normalized spacial score (nSPS) is 10.7. The molecule has 140 valence electrons. The highest BCUT2D eigenvalue weighted by Crippen LogP contribution is 2.27. The second-order valence-electron chi connectivity index (χ2n) is 6.19. The summed E-state index contributed by atoms with van der Waals surface area (Å²) in [5, 5.41) is 3.51. The predicted molar refractivity (Wildman–Crippen MR) is 106 cm³/mol. The minimum absolute atomic E-state index is 0.0697. The number of carbonyl (C=O) groups excluding carboxylic acids is 1. The van der Waals surface area contributed by atoms with Gasteiger partial charge in [0.05, 0.1) is 20.8 Å². The molecule has 0 saturated carbocycles. The van der Waals surface area contributed by atoms with Gasteiger partial charge in [0.1, 0.15) is 0 Å². The standard InChI is InChI=1S/C20H25ClN2O3/c1-14-5-7-16(12-17(14)21)22-20(24)13-23(2)10-9-15-6-8-18(25-3)19(11-15)26-4/h5-8,11-12H,9-10,13H2,1-4H3,(H,22,24). The Balaban J connectivity index is 1.85. The zero-order valence-electron chi connectivity index (χ0n) is 15.6. The quantitative estimate of drug-likeness (QED) is 0.761. The van der Waals surface area contributed by atoms with E-state index in [1.807, 2.05) is 49.2 Å². The molecule has 0 aliphatic rings. The number of nitrogens with zero attached hydrogens (tertiary/aromatic N) is 1. The van der Waals surface area contributed by atoms with Crippen LogP contribution >= 0.6 is 11.6 Å². The summed E-state index contributed by atoms with van der Waals surface area (Å²) < 4.78 is 10.6. The van der Waals surface area contributed by atoms with Gasteiger partial charge in [-0.25, -0.2) is 0 Å². The van der Waals surface area contributed by atoms with Gasteiger partial charge in [-0.05, 0) is 55.8 Å². The number of methoxy groups -OCH3 is 2. The summed E-state index contributed by atoms with van der Waals surface area (Å²) in [6, 6.07) is 11.4. The lowest BCUT2D eigenvalue weighted by atomic mass is 10.1. The second-order valence-corrected chi connectivity index (χ2v) is 6.60. The number of rotatable bonds is 8. The molecule has 0 radical (unpaired) electrons. The molecule has 0 aromatic heterocycles. The third-order valence-electron chi connectivity index (χ3n) is 4.10. The Kier molecular flexibility index (Phi) is 7.30. The van der Waals surface area contributed by atoms with E-state index in [4.69, 9.17) is 21.1 Å². The smallest absolute Gasteiger partial charge is 0.238 e. The summed E-state index contributed by atoms with van der Waals surface area (Å²) in [6.45, 7) is 2.98. The molecule has 2 aromatic carbocycles. The molecule has 1 N–H and O–H groups in total. The van der Waals surface area contributed by atoms with Crippen LogP contribution in [0.25, 0.3) is 0 Å². The van der Waals surface area contributed by atoms with Gasteiger partial charge in [0, 0.05) is 17.3 Å². The number of likely N-dealkylation sites (N-methyl/N-ethyl adjacent to an activating group) is 1. The lowest BCUT2D eigenvalue weighted by Gasteiger charge is -2.17. The Morgan fingerprint density at radius 3 is 2.50 bits per heavy atom. The van der Waals surface area contributed by atoms with Gasteiger partial charge in [0.25, 0.3) is 0 Å². The van der Waals surface area contributed by atoms with Crippen LogP contribution in [0.5, 0.6) is 11.5 Å². The molecule has 2 rings (SSSR count). The molecule has 2 aromatic rings. The van der Waals surface area contributed by atoms with Crippen molar-refractivity contribution in [3.8, 4) is 11.5 Å². The first kappa shape index (κ1) is 20.1. The Morgan fingerprint density at radius 2 is 1.85 bits per heavy atom. The SMILES string of the molecule is COc1ccc(CCN(C)CC(=O)Nc2ccc(C)c(Cl)c2)cc1OC. The fourth-order valence-corrected chi connectivity index (χ4v) is 2.73. The van der Waals surface area contributed by atoms with Gasteiger partial charge >= 0.3 is 0 Å². The van der Waals surface area contributed by atoms with E-state index in [2.05, 4.69) is 5.32 Å². The molecule has 0 fully saturated rings. The molecular formula is C20H25ClN2O3. The molecule has 26 heavy (non-hydrogen) atoms. The molecule has 0 spiro atoms. The summed E-state index contributed by atoms with van der Waals surface area (Å²) in [6.07, 6.45) is 0.806. The van der Waals surface area contributed by atoms with Crippen LogP contribution in [0.2, 0.25) is 5.02 Å². The minimum atomic E-state index is -0.0697. The zero-order chi connectivity index (χ0) is 19.1. The number of halogens is 1. The summed E-state index contributed by atoms with van der Waals surface area (Å²) in [5.41, 5.74) is 2.82. The van der Waals surface area contributed by atoms with Gasteiger partial charge in [0.2, 0.25) is 5.91 Å². The number of hydrogen-bond acceptors (Lipinski definition) is 4. The fourth-order valence-electron chi connectivity index (χ4n) is 2.55. The molecule has 0 atom stereocenters. The number of nitrogens with one attached hydrogen (secondary N) is 1. The van der Waals surface area contributed by atoms with E-state index in [1.54, 1.807) is 20.3 Å². The first-order valence-electron chi connectivity index (χ1n) is 8.38. The van der Waals surface area contributed by atoms with Gasteiger partial charge < -0.3 is 14.8 Å². The highest BCUT2D eigenvalue weighted by atomic mass is 35.5. The number of ether oxygens (including phenoxy) is 2. The predicted octanol–water partition coefficient (Wildman–Crippen LogP) is 3.78. The molecule has 0 unspecified atom stereocenters. The van der Waals surface area contributed by atoms with E-state index in [0.29, 0.717) is 28.8 Å². The monoisotopic (exact) mass is 376 g/mol. The zero-order valence-corrected chi connectivity index (χ0v) is 16.4. The Labute approximate surface area is 159 Å². The van der Waals surface area contributed by atoms with Crippen molar-refractivity contribution >= 4 is 23.2 Å². The highest BCUT2D eigenvalue weighted by Gasteiger charge is 2.09. The van der Waals surface area contributed by atoms with Crippen LogP contribution in [0.1, 0.15) is 11.1 Å². The van der Waals surface area contributed by atoms with Crippen LogP contribution < -0.4 is 14.8 Å². The number of anilines is 1. The average molecular weight is 377 g/mol. The van der Waals surface area contributed by atoms with Gasteiger partial charge in [0.15, 0.2) is 11.5 Å². The van der Waals surface area contributed by atoms with Crippen LogP contribution in [0.3, 0.4) is 0 Å². The topological polar surface area (TPSA) is 50.8 Å². The Hall–Kier alpha value is -2.24. The first-order chi connectivity index (χ1) is 12.4. The van der Waals surface area contributed by atoms with Crippen molar-refractivity contribution in [2.45, 2.75) is 13.3 Å². The number of carbonyl (C=O) groups is 1. The molecule has 0 aliphatic heterocycles. The minimum Gasteiger partial charge on any atom is -0.493 e. The van der Waals surface area contributed by atoms with Crippen LogP contribution in [0, 0.1) is 6.92 Å². The number of hydrogen-bond donors (Lipinski definition) is 1. The van der Waals surface area contributed by atoms with Crippen molar-refractivity contribution in [2.75, 3.05) is 39.7 Å². The van der Waals surface area contributed by atoms with Crippen molar-refractivity contribution in [3.05, 3.63) is 52.5 Å². The van der Waals surface area contributed by atoms with Crippen LogP contribution in [-0.4, -0.2) is 45.2 Å². The van der Waals surface area contributed by atoms with Gasteiger partial charge in [-0.2, -0.15) is 0 Å². The van der Waals surface area contributed by atoms with E-state index < -0.39 is 0 Å². The number of aryl methyl sites for hydroxylation is 1. The lowest BCUT2D eigenvalue weighted by Crippen LogP contribution is -2.31. The maximum absolute atomic E-state index is 12.2. The van der Waals surface area contributed by atoms with Gasteiger partial charge in [-0.1, -0.05) is 23.7 Å². The Morgan fingerprint density at radius 1 is 1.12 bits per heavy atom. The average Bonchev–Trinajstić information content (AvgIpc) is 2.62. The van der Waals surface area contributed by atoms with E-state index in [9.17, 15) is 4.79 Å².